The standard InChI is InChI=1S/C26H30ClNO3.C2H6/c1-18(16-27)24-21-14-10-9-13-20(21)23(30-17-19-11-7-6-8-12-19)15-22(24)28(5)25(29)31-26(2,3)4;1-2/h6-15,18H,16-17H2,1-5H3;1-2H3. The largest absolute Gasteiger partial charge is 0.488 e. The molecule has 0 bridgehead atoms. The molecule has 4 nitrogen and oxygen atoms in total. The normalized spacial score (nSPS) is 11.9. The molecule has 0 heterocycles. The maximum absolute atomic E-state index is 12.9. The molecule has 0 aromatic heterocycles. The van der Waals surface area contributed by atoms with Crippen LogP contribution in [-0.2, 0) is 11.3 Å². The number of hydrogen-bond acceptors (Lipinski definition) is 3. The number of carbonyl (C=O) groups excluding carboxylic acids is 1. The first-order chi connectivity index (χ1) is 15.7. The van der Waals surface area contributed by atoms with E-state index in [1.807, 2.05) is 89.2 Å². The van der Waals surface area contributed by atoms with E-state index in [1.165, 1.54) is 0 Å². The quantitative estimate of drug-likeness (QED) is 0.342. The van der Waals surface area contributed by atoms with Gasteiger partial charge < -0.3 is 9.47 Å². The molecular formula is C28H36ClNO3. The smallest absolute Gasteiger partial charge is 0.414 e. The third kappa shape index (κ3) is 6.88. The lowest BCUT2D eigenvalue weighted by molar-refractivity contribution is 0.0589. The van der Waals surface area contributed by atoms with Gasteiger partial charge in [0, 0.05) is 24.4 Å². The van der Waals surface area contributed by atoms with Crippen molar-refractivity contribution in [3.8, 4) is 5.75 Å². The number of anilines is 1. The Hall–Kier alpha value is -2.72. The zero-order valence-electron chi connectivity index (χ0n) is 20.8. The number of carbonyl (C=O) groups is 1. The van der Waals surface area contributed by atoms with Gasteiger partial charge in [0.15, 0.2) is 0 Å². The summed E-state index contributed by atoms with van der Waals surface area (Å²) in [5.41, 5.74) is 2.23. The molecule has 1 amide bonds. The molecule has 0 aliphatic rings. The molecular weight excluding hydrogens is 434 g/mol. The van der Waals surface area contributed by atoms with Gasteiger partial charge in [-0.1, -0.05) is 75.4 Å². The van der Waals surface area contributed by atoms with Gasteiger partial charge in [-0.05, 0) is 43.2 Å². The minimum atomic E-state index is -0.590. The van der Waals surface area contributed by atoms with Gasteiger partial charge in [-0.15, -0.1) is 11.6 Å². The second kappa shape index (κ2) is 11.9. The summed E-state index contributed by atoms with van der Waals surface area (Å²) < 4.78 is 11.9. The summed E-state index contributed by atoms with van der Waals surface area (Å²) in [5.74, 6) is 1.19. The van der Waals surface area contributed by atoms with E-state index < -0.39 is 11.7 Å². The predicted octanol–water partition coefficient (Wildman–Crippen LogP) is 8.16. The number of amides is 1. The van der Waals surface area contributed by atoms with Crippen LogP contribution in [0, 0.1) is 0 Å². The Labute approximate surface area is 203 Å². The van der Waals surface area contributed by atoms with E-state index in [9.17, 15) is 4.79 Å². The first kappa shape index (κ1) is 26.5. The Balaban J connectivity index is 0.00000187. The van der Waals surface area contributed by atoms with E-state index >= 15 is 0 Å². The highest BCUT2D eigenvalue weighted by Crippen LogP contribution is 2.41. The van der Waals surface area contributed by atoms with Gasteiger partial charge >= 0.3 is 6.09 Å². The van der Waals surface area contributed by atoms with Crippen LogP contribution < -0.4 is 9.64 Å². The van der Waals surface area contributed by atoms with Crippen molar-refractivity contribution >= 4 is 34.2 Å². The lowest BCUT2D eigenvalue weighted by Gasteiger charge is -2.28. The van der Waals surface area contributed by atoms with Crippen LogP contribution >= 0.6 is 11.6 Å². The van der Waals surface area contributed by atoms with Crippen molar-refractivity contribution in [3.05, 3.63) is 71.8 Å². The number of benzene rings is 3. The molecule has 178 valence electrons. The molecule has 0 saturated heterocycles. The van der Waals surface area contributed by atoms with Crippen LogP contribution in [0.2, 0.25) is 0 Å². The predicted molar refractivity (Wildman–Crippen MR) is 140 cm³/mol. The van der Waals surface area contributed by atoms with Crippen LogP contribution in [0.5, 0.6) is 5.75 Å². The summed E-state index contributed by atoms with van der Waals surface area (Å²) in [7, 11) is 1.73. The monoisotopic (exact) mass is 469 g/mol. The topological polar surface area (TPSA) is 38.8 Å². The fourth-order valence-corrected chi connectivity index (χ4v) is 3.66. The summed E-state index contributed by atoms with van der Waals surface area (Å²) in [6.07, 6.45) is -0.417. The highest BCUT2D eigenvalue weighted by molar-refractivity contribution is 6.18. The highest BCUT2D eigenvalue weighted by atomic mass is 35.5. The number of nitrogens with zero attached hydrogens (tertiary/aromatic N) is 1. The van der Waals surface area contributed by atoms with E-state index in [1.54, 1.807) is 11.9 Å². The molecule has 0 aliphatic carbocycles. The lowest BCUT2D eigenvalue weighted by Crippen LogP contribution is -2.34. The van der Waals surface area contributed by atoms with Crippen LogP contribution in [-0.4, -0.2) is 24.6 Å². The highest BCUT2D eigenvalue weighted by Gasteiger charge is 2.26. The van der Waals surface area contributed by atoms with Crippen molar-refractivity contribution in [1.82, 2.24) is 0 Å². The average Bonchev–Trinajstić information content (AvgIpc) is 2.82. The maximum Gasteiger partial charge on any atom is 0.414 e. The maximum atomic E-state index is 12.9. The number of fused-ring (bicyclic) bond motifs is 1. The van der Waals surface area contributed by atoms with Crippen LogP contribution in [0.1, 0.15) is 58.6 Å². The number of halogens is 1. The van der Waals surface area contributed by atoms with E-state index in [2.05, 4.69) is 13.0 Å². The first-order valence-corrected chi connectivity index (χ1v) is 12.0. The number of alkyl halides is 1. The van der Waals surface area contributed by atoms with E-state index in [0.717, 1.165) is 33.3 Å². The number of ether oxygens (including phenoxy) is 2. The molecule has 1 unspecified atom stereocenters. The Kier molecular flexibility index (Phi) is 9.60. The van der Waals surface area contributed by atoms with Crippen molar-refractivity contribution in [1.29, 1.82) is 0 Å². The molecule has 0 N–H and O–H groups in total. The molecule has 3 rings (SSSR count). The molecule has 0 saturated carbocycles. The molecule has 0 spiro atoms. The van der Waals surface area contributed by atoms with Crippen molar-refractivity contribution in [2.24, 2.45) is 0 Å². The Morgan fingerprint density at radius 1 is 1.00 bits per heavy atom. The number of hydrogen-bond donors (Lipinski definition) is 0. The third-order valence-electron chi connectivity index (χ3n) is 5.02. The summed E-state index contributed by atoms with van der Waals surface area (Å²) in [6.45, 7) is 12.1. The molecule has 0 radical (unpaired) electrons. The van der Waals surface area contributed by atoms with Crippen LogP contribution in [0.3, 0.4) is 0 Å². The van der Waals surface area contributed by atoms with Gasteiger partial charge in [-0.3, -0.25) is 4.90 Å². The molecule has 3 aromatic rings. The summed E-state index contributed by atoms with van der Waals surface area (Å²) in [5, 5.41) is 2.01. The molecule has 0 aliphatic heterocycles. The summed E-state index contributed by atoms with van der Waals surface area (Å²) >= 11 is 6.26. The van der Waals surface area contributed by atoms with Crippen molar-refractivity contribution in [2.75, 3.05) is 17.8 Å². The van der Waals surface area contributed by atoms with E-state index in [4.69, 9.17) is 21.1 Å². The molecule has 1 atom stereocenters. The lowest BCUT2D eigenvalue weighted by atomic mass is 9.93. The molecule has 3 aromatic carbocycles. The Bertz CT molecular complexity index is 1040. The SMILES string of the molecule is CC.CC(CCl)c1c(N(C)C(=O)OC(C)(C)C)cc(OCc2ccccc2)c2ccccc12. The van der Waals surface area contributed by atoms with Crippen LogP contribution in [0.4, 0.5) is 10.5 Å². The average molecular weight is 470 g/mol. The second-order valence-corrected chi connectivity index (χ2v) is 9.03. The van der Waals surface area contributed by atoms with Crippen LogP contribution in [0.25, 0.3) is 10.8 Å². The van der Waals surface area contributed by atoms with Crippen LogP contribution in [0.15, 0.2) is 60.7 Å². The van der Waals surface area contributed by atoms with Gasteiger partial charge in [0.1, 0.15) is 18.0 Å². The fraction of sp³-hybridized carbons (Fsp3) is 0.393. The van der Waals surface area contributed by atoms with Gasteiger partial charge in [0.05, 0.1) is 5.69 Å². The van der Waals surface area contributed by atoms with Gasteiger partial charge in [-0.2, -0.15) is 0 Å². The van der Waals surface area contributed by atoms with E-state index in [0.29, 0.717) is 12.5 Å². The molecule has 0 fully saturated rings. The van der Waals surface area contributed by atoms with Gasteiger partial charge in [0.25, 0.3) is 0 Å². The fourth-order valence-electron chi connectivity index (χ4n) is 3.51. The van der Waals surface area contributed by atoms with Crippen molar-refractivity contribution in [3.63, 3.8) is 0 Å². The minimum absolute atomic E-state index is 0.0367. The zero-order chi connectivity index (χ0) is 24.6. The molecule has 33 heavy (non-hydrogen) atoms. The zero-order valence-corrected chi connectivity index (χ0v) is 21.6. The third-order valence-corrected chi connectivity index (χ3v) is 5.48. The second-order valence-electron chi connectivity index (χ2n) is 8.72. The van der Waals surface area contributed by atoms with Gasteiger partial charge in [-0.25, -0.2) is 4.79 Å². The Morgan fingerprint density at radius 2 is 1.58 bits per heavy atom. The van der Waals surface area contributed by atoms with Crippen molar-refractivity contribution in [2.45, 2.75) is 59.7 Å². The minimum Gasteiger partial charge on any atom is -0.488 e. The van der Waals surface area contributed by atoms with Crippen molar-refractivity contribution < 1.29 is 14.3 Å². The number of rotatable bonds is 6. The van der Waals surface area contributed by atoms with E-state index in [-0.39, 0.29) is 5.92 Å². The molecule has 5 heteroatoms. The Morgan fingerprint density at radius 3 is 2.15 bits per heavy atom. The first-order valence-electron chi connectivity index (χ1n) is 11.5. The summed E-state index contributed by atoms with van der Waals surface area (Å²) in [4.78, 5) is 14.4. The summed E-state index contributed by atoms with van der Waals surface area (Å²) in [6, 6.07) is 20.0. The van der Waals surface area contributed by atoms with Gasteiger partial charge in [0.2, 0.25) is 0 Å².